The minimum absolute atomic E-state index is 0.000949. The maximum absolute atomic E-state index is 11.1. The topological polar surface area (TPSA) is 143 Å². The van der Waals surface area contributed by atoms with Crippen molar-refractivity contribution in [3.05, 3.63) is 72.5 Å². The Bertz CT molecular complexity index is 1170. The molecule has 29 heavy (non-hydrogen) atoms. The maximum atomic E-state index is 11.1. The van der Waals surface area contributed by atoms with Gasteiger partial charge < -0.3 is 0 Å². The number of benzene rings is 2. The average molecular weight is 432 g/mol. The van der Waals surface area contributed by atoms with E-state index < -0.39 is 9.85 Å². The predicted molar refractivity (Wildman–Crippen MR) is 113 cm³/mol. The van der Waals surface area contributed by atoms with E-state index in [9.17, 15) is 25.0 Å². The number of thioether (sulfide) groups is 1. The number of hydrogen-bond acceptors (Lipinski definition) is 8. The van der Waals surface area contributed by atoms with Gasteiger partial charge in [0.15, 0.2) is 0 Å². The summed E-state index contributed by atoms with van der Waals surface area (Å²) in [7, 11) is 0. The van der Waals surface area contributed by atoms with Crippen LogP contribution in [-0.2, 0) is 0 Å². The lowest BCUT2D eigenvalue weighted by molar-refractivity contribution is -0.387. The number of aromatic nitrogens is 1. The standard InChI is InChI=1S/C11H12N2O2S.C7H4N2O3S/c1-11(2,3)16-10-8(7-12)5-4-6-9(10)13(14)15;10-7-4-2-1-3-5(9(11)12)6(4)13-8-7/h4-6H,1-3H3;1-3H,(H,8,10). The highest BCUT2D eigenvalue weighted by atomic mass is 32.2. The number of nitro benzene ring substituents is 2. The van der Waals surface area contributed by atoms with Crippen molar-refractivity contribution in [2.24, 2.45) is 0 Å². The van der Waals surface area contributed by atoms with E-state index in [0.29, 0.717) is 20.5 Å². The molecule has 0 bridgehead atoms. The van der Waals surface area contributed by atoms with Crippen LogP contribution >= 0.6 is 23.3 Å². The third-order valence-electron chi connectivity index (χ3n) is 3.40. The second kappa shape index (κ2) is 8.85. The van der Waals surface area contributed by atoms with Crippen LogP contribution in [0.15, 0.2) is 46.1 Å². The number of H-pyrrole nitrogens is 1. The molecule has 1 heterocycles. The molecule has 0 saturated carbocycles. The molecule has 0 aliphatic carbocycles. The molecule has 9 nitrogen and oxygen atoms in total. The van der Waals surface area contributed by atoms with Crippen molar-refractivity contribution in [1.29, 1.82) is 5.26 Å². The van der Waals surface area contributed by atoms with E-state index in [1.54, 1.807) is 12.1 Å². The first-order chi connectivity index (χ1) is 13.5. The van der Waals surface area contributed by atoms with Gasteiger partial charge in [-0.25, -0.2) is 0 Å². The highest BCUT2D eigenvalue weighted by Crippen LogP contribution is 2.39. The first-order valence-electron chi connectivity index (χ1n) is 8.16. The minimum atomic E-state index is -0.494. The van der Waals surface area contributed by atoms with Crippen LogP contribution in [0.4, 0.5) is 11.4 Å². The van der Waals surface area contributed by atoms with E-state index in [1.165, 1.54) is 36.0 Å². The van der Waals surface area contributed by atoms with E-state index in [2.05, 4.69) is 4.37 Å². The van der Waals surface area contributed by atoms with Gasteiger partial charge in [-0.3, -0.25) is 29.4 Å². The largest absolute Gasteiger partial charge is 0.288 e. The van der Waals surface area contributed by atoms with E-state index in [-0.39, 0.29) is 21.7 Å². The van der Waals surface area contributed by atoms with Crippen LogP contribution in [0.2, 0.25) is 0 Å². The number of nitro groups is 2. The van der Waals surface area contributed by atoms with Gasteiger partial charge >= 0.3 is 0 Å². The molecule has 0 saturated heterocycles. The molecule has 0 amide bonds. The summed E-state index contributed by atoms with van der Waals surface area (Å²) in [5.41, 5.74) is 0.0534. The maximum Gasteiger partial charge on any atom is 0.288 e. The first kappa shape index (κ1) is 22.1. The van der Waals surface area contributed by atoms with Crippen LogP contribution in [0, 0.1) is 31.6 Å². The van der Waals surface area contributed by atoms with Crippen LogP contribution in [0.1, 0.15) is 26.3 Å². The van der Waals surface area contributed by atoms with Gasteiger partial charge in [-0.2, -0.15) is 5.26 Å². The van der Waals surface area contributed by atoms with Gasteiger partial charge in [0.05, 0.1) is 20.8 Å². The zero-order valence-corrected chi connectivity index (χ0v) is 17.3. The van der Waals surface area contributed by atoms with Gasteiger partial charge in [-0.05, 0) is 12.1 Å². The molecule has 150 valence electrons. The molecule has 1 N–H and O–H groups in total. The molecule has 3 aromatic rings. The molecule has 1 aromatic heterocycles. The van der Waals surface area contributed by atoms with Gasteiger partial charge in [-0.1, -0.05) is 44.4 Å². The Hall–Kier alpha value is -3.23. The lowest BCUT2D eigenvalue weighted by Gasteiger charge is -2.17. The van der Waals surface area contributed by atoms with Gasteiger partial charge in [0, 0.05) is 16.9 Å². The Morgan fingerprint density at radius 1 is 1.07 bits per heavy atom. The fourth-order valence-electron chi connectivity index (χ4n) is 2.28. The summed E-state index contributed by atoms with van der Waals surface area (Å²) in [5, 5.41) is 30.7. The molecule has 0 aliphatic heterocycles. The number of fused-ring (bicyclic) bond motifs is 1. The zero-order valence-electron chi connectivity index (χ0n) is 15.7. The monoisotopic (exact) mass is 432 g/mol. The molecule has 0 aliphatic rings. The molecule has 11 heteroatoms. The Morgan fingerprint density at radius 2 is 1.66 bits per heavy atom. The predicted octanol–water partition coefficient (Wildman–Crippen LogP) is 4.85. The summed E-state index contributed by atoms with van der Waals surface area (Å²) >= 11 is 2.33. The zero-order chi connectivity index (χ0) is 21.8. The molecule has 0 spiro atoms. The fraction of sp³-hybridized carbons (Fsp3) is 0.222. The molecular weight excluding hydrogens is 416 g/mol. The highest BCUT2D eigenvalue weighted by Gasteiger charge is 2.23. The molecule has 0 radical (unpaired) electrons. The smallest absolute Gasteiger partial charge is 0.276 e. The number of nitrogens with one attached hydrogen (secondary N) is 1. The van der Waals surface area contributed by atoms with E-state index >= 15 is 0 Å². The summed E-state index contributed by atoms with van der Waals surface area (Å²) in [6, 6.07) is 11.0. The van der Waals surface area contributed by atoms with Gasteiger partial charge in [0.1, 0.15) is 15.7 Å². The van der Waals surface area contributed by atoms with Crippen molar-refractivity contribution in [2.75, 3.05) is 0 Å². The van der Waals surface area contributed by atoms with Gasteiger partial charge in [0.2, 0.25) is 0 Å². The number of aromatic amines is 1. The number of hydrogen-bond donors (Lipinski definition) is 1. The van der Waals surface area contributed by atoms with Crippen LogP contribution in [0.5, 0.6) is 0 Å². The van der Waals surface area contributed by atoms with Crippen molar-refractivity contribution in [3.8, 4) is 6.07 Å². The summed E-state index contributed by atoms with van der Waals surface area (Å²) in [6.07, 6.45) is 0. The lowest BCUT2D eigenvalue weighted by atomic mass is 10.2. The Kier molecular flexibility index (Phi) is 6.73. The fourth-order valence-corrected chi connectivity index (χ4v) is 4.18. The Morgan fingerprint density at radius 3 is 2.21 bits per heavy atom. The molecule has 3 rings (SSSR count). The van der Waals surface area contributed by atoms with Crippen LogP contribution in [0.25, 0.3) is 10.1 Å². The van der Waals surface area contributed by atoms with E-state index in [1.807, 2.05) is 26.8 Å². The summed E-state index contributed by atoms with van der Waals surface area (Å²) < 4.78 is 2.69. The number of non-ortho nitro benzene ring substituents is 1. The Labute approximate surface area is 173 Å². The SMILES string of the molecule is CC(C)(C)Sc1c(C#N)cccc1[N+](=O)[O-].O=c1[nH]sc2c([N+](=O)[O-])cccc12. The number of nitriles is 1. The molecule has 0 atom stereocenters. The van der Waals surface area contributed by atoms with Crippen molar-refractivity contribution in [1.82, 2.24) is 4.37 Å². The molecule has 0 unspecified atom stereocenters. The average Bonchev–Trinajstić information content (AvgIpc) is 3.02. The molecule has 0 fully saturated rings. The minimum Gasteiger partial charge on any atom is -0.276 e. The molecular formula is C18H16N4O5S2. The van der Waals surface area contributed by atoms with Crippen LogP contribution in [-0.4, -0.2) is 19.0 Å². The summed E-state index contributed by atoms with van der Waals surface area (Å²) in [5.74, 6) is 0. The summed E-state index contributed by atoms with van der Waals surface area (Å²) in [6.45, 7) is 5.86. The van der Waals surface area contributed by atoms with Crippen molar-refractivity contribution >= 4 is 44.8 Å². The van der Waals surface area contributed by atoms with Crippen molar-refractivity contribution in [2.45, 2.75) is 30.4 Å². The second-order valence-corrected chi connectivity index (χ2v) is 9.33. The first-order valence-corrected chi connectivity index (χ1v) is 9.79. The van der Waals surface area contributed by atoms with E-state index in [0.717, 1.165) is 11.5 Å². The third kappa shape index (κ3) is 5.40. The normalized spacial score (nSPS) is 10.7. The van der Waals surface area contributed by atoms with Gasteiger partial charge in [0.25, 0.3) is 16.9 Å². The third-order valence-corrected chi connectivity index (χ3v) is 5.57. The molecule has 2 aromatic carbocycles. The second-order valence-electron chi connectivity index (χ2n) is 6.68. The number of rotatable bonds is 3. The summed E-state index contributed by atoms with van der Waals surface area (Å²) in [4.78, 5) is 32.0. The number of nitrogens with zero attached hydrogens (tertiary/aromatic N) is 3. The Balaban J connectivity index is 0.000000211. The van der Waals surface area contributed by atoms with Crippen molar-refractivity contribution in [3.63, 3.8) is 0 Å². The lowest BCUT2D eigenvalue weighted by Crippen LogP contribution is -2.08. The van der Waals surface area contributed by atoms with Crippen molar-refractivity contribution < 1.29 is 9.85 Å². The van der Waals surface area contributed by atoms with Crippen LogP contribution < -0.4 is 5.56 Å². The van der Waals surface area contributed by atoms with Crippen LogP contribution in [0.3, 0.4) is 0 Å². The van der Waals surface area contributed by atoms with E-state index in [4.69, 9.17) is 5.26 Å². The van der Waals surface area contributed by atoms with Gasteiger partial charge in [-0.15, -0.1) is 11.8 Å². The highest BCUT2D eigenvalue weighted by molar-refractivity contribution is 8.00. The quantitative estimate of drug-likeness (QED) is 0.354.